The Kier molecular flexibility index (Phi) is 7.54. The summed E-state index contributed by atoms with van der Waals surface area (Å²) in [6.07, 6.45) is 0. The molecule has 0 radical (unpaired) electrons. The fraction of sp³-hybridized carbons (Fsp3) is 0.0800. The summed E-state index contributed by atoms with van der Waals surface area (Å²) in [4.78, 5) is 40.7. The van der Waals surface area contributed by atoms with Gasteiger partial charge in [-0.05, 0) is 37.3 Å². The summed E-state index contributed by atoms with van der Waals surface area (Å²) in [6, 6.07) is 22.3. The summed E-state index contributed by atoms with van der Waals surface area (Å²) in [5.41, 5.74) is 2.57. The van der Waals surface area contributed by atoms with E-state index in [2.05, 4.69) is 15.6 Å². The Bertz CT molecular complexity index is 1360. The third-order valence-corrected chi connectivity index (χ3v) is 6.77. The summed E-state index contributed by atoms with van der Waals surface area (Å²) in [5.74, 6) is -0.560. The number of nitro groups is 1. The quantitative estimate of drug-likeness (QED) is 0.170. The van der Waals surface area contributed by atoms with Gasteiger partial charge >= 0.3 is 0 Å². The molecule has 1 atom stereocenters. The summed E-state index contributed by atoms with van der Waals surface area (Å²) in [7, 11) is 0. The van der Waals surface area contributed by atoms with E-state index in [0.717, 1.165) is 16.2 Å². The van der Waals surface area contributed by atoms with Crippen molar-refractivity contribution in [3.63, 3.8) is 0 Å². The number of nitrogens with zero attached hydrogens (tertiary/aromatic N) is 2. The van der Waals surface area contributed by atoms with Crippen molar-refractivity contribution >= 4 is 51.4 Å². The fourth-order valence-electron chi connectivity index (χ4n) is 3.12. The maximum Gasteiger partial charge on any atom is 0.269 e. The molecule has 10 heteroatoms. The van der Waals surface area contributed by atoms with Crippen molar-refractivity contribution in [2.75, 3.05) is 10.6 Å². The van der Waals surface area contributed by atoms with Crippen molar-refractivity contribution in [3.05, 3.63) is 99.9 Å². The molecule has 0 aliphatic heterocycles. The highest BCUT2D eigenvalue weighted by atomic mass is 32.2. The molecule has 2 amide bonds. The van der Waals surface area contributed by atoms with E-state index in [1.807, 2.05) is 41.8 Å². The largest absolute Gasteiger partial charge is 0.322 e. The molecule has 3 aromatic carbocycles. The lowest BCUT2D eigenvalue weighted by Gasteiger charge is -2.12. The number of amides is 2. The molecule has 0 fully saturated rings. The van der Waals surface area contributed by atoms with Gasteiger partial charge in [-0.15, -0.1) is 23.1 Å². The summed E-state index contributed by atoms with van der Waals surface area (Å²) >= 11 is 2.72. The van der Waals surface area contributed by atoms with Crippen LogP contribution in [0.25, 0.3) is 11.3 Å². The van der Waals surface area contributed by atoms with E-state index in [4.69, 9.17) is 0 Å². The standard InChI is InChI=1S/C25H20N4O4S2/c1-16(23(30)28-25-27-22(15-34-25)17-6-3-2-4-7-17)35-21-9-5-8-19(14-21)26-24(31)18-10-12-20(13-11-18)29(32)33/h2-16H,1H3,(H,26,31)(H,27,28,30). The third-order valence-electron chi connectivity index (χ3n) is 4.92. The number of hydrogen-bond acceptors (Lipinski definition) is 7. The lowest BCUT2D eigenvalue weighted by molar-refractivity contribution is -0.384. The molecular formula is C25H20N4O4S2. The van der Waals surface area contributed by atoms with Crippen LogP contribution in [0.3, 0.4) is 0 Å². The number of rotatable bonds is 8. The van der Waals surface area contributed by atoms with Crippen LogP contribution in [-0.4, -0.2) is 27.0 Å². The van der Waals surface area contributed by atoms with Crippen LogP contribution in [0.15, 0.2) is 89.1 Å². The van der Waals surface area contributed by atoms with Crippen molar-refractivity contribution in [3.8, 4) is 11.3 Å². The topological polar surface area (TPSA) is 114 Å². The first-order chi connectivity index (χ1) is 16.9. The van der Waals surface area contributed by atoms with Crippen LogP contribution < -0.4 is 10.6 Å². The van der Waals surface area contributed by atoms with E-state index < -0.39 is 10.2 Å². The Balaban J connectivity index is 1.35. The number of benzene rings is 3. The first kappa shape index (κ1) is 24.1. The van der Waals surface area contributed by atoms with E-state index in [1.165, 1.54) is 47.4 Å². The Hall–Kier alpha value is -4.02. The molecule has 8 nitrogen and oxygen atoms in total. The van der Waals surface area contributed by atoms with E-state index in [1.54, 1.807) is 25.1 Å². The van der Waals surface area contributed by atoms with Crippen molar-refractivity contribution in [2.24, 2.45) is 0 Å². The molecule has 176 valence electrons. The molecule has 2 N–H and O–H groups in total. The second-order valence-electron chi connectivity index (χ2n) is 7.44. The molecule has 0 bridgehead atoms. The van der Waals surface area contributed by atoms with Crippen LogP contribution >= 0.6 is 23.1 Å². The number of carbonyl (C=O) groups excluding carboxylic acids is 2. The van der Waals surface area contributed by atoms with E-state index in [9.17, 15) is 19.7 Å². The number of thioether (sulfide) groups is 1. The maximum atomic E-state index is 12.7. The number of hydrogen-bond donors (Lipinski definition) is 2. The second-order valence-corrected chi connectivity index (χ2v) is 9.71. The van der Waals surface area contributed by atoms with Crippen molar-refractivity contribution in [1.29, 1.82) is 0 Å². The summed E-state index contributed by atoms with van der Waals surface area (Å²) in [5, 5.41) is 18.5. The van der Waals surface area contributed by atoms with Crippen LogP contribution in [0.4, 0.5) is 16.5 Å². The Morgan fingerprint density at radius 1 is 1.00 bits per heavy atom. The number of thiazole rings is 1. The smallest absolute Gasteiger partial charge is 0.269 e. The fourth-order valence-corrected chi connectivity index (χ4v) is 4.77. The van der Waals surface area contributed by atoms with Gasteiger partial charge in [0.1, 0.15) is 0 Å². The van der Waals surface area contributed by atoms with Crippen LogP contribution in [-0.2, 0) is 4.79 Å². The van der Waals surface area contributed by atoms with Crippen molar-refractivity contribution < 1.29 is 14.5 Å². The molecule has 0 aliphatic rings. The van der Waals surface area contributed by atoms with E-state index in [-0.39, 0.29) is 17.5 Å². The number of anilines is 2. The average molecular weight is 505 g/mol. The predicted molar refractivity (Wildman–Crippen MR) is 139 cm³/mol. The second kappa shape index (κ2) is 10.9. The van der Waals surface area contributed by atoms with Gasteiger partial charge in [0.05, 0.1) is 15.9 Å². The normalized spacial score (nSPS) is 11.5. The predicted octanol–water partition coefficient (Wildman–Crippen LogP) is 6.09. The highest BCUT2D eigenvalue weighted by molar-refractivity contribution is 8.00. The lowest BCUT2D eigenvalue weighted by atomic mass is 10.2. The minimum Gasteiger partial charge on any atom is -0.322 e. The number of nitro benzene ring substituents is 1. The number of non-ortho nitro benzene ring substituents is 1. The van der Waals surface area contributed by atoms with Gasteiger partial charge in [0.15, 0.2) is 5.13 Å². The molecule has 35 heavy (non-hydrogen) atoms. The van der Waals surface area contributed by atoms with Gasteiger partial charge < -0.3 is 10.6 Å². The molecular weight excluding hydrogens is 484 g/mol. The highest BCUT2D eigenvalue weighted by Crippen LogP contribution is 2.29. The molecule has 1 heterocycles. The number of aromatic nitrogens is 1. The first-order valence-electron chi connectivity index (χ1n) is 10.5. The monoisotopic (exact) mass is 504 g/mol. The van der Waals surface area contributed by atoms with Gasteiger partial charge in [0.25, 0.3) is 11.6 Å². The summed E-state index contributed by atoms with van der Waals surface area (Å²) < 4.78 is 0. The minimum absolute atomic E-state index is 0.0822. The minimum atomic E-state index is -0.517. The van der Waals surface area contributed by atoms with Crippen molar-refractivity contribution in [1.82, 2.24) is 4.98 Å². The molecule has 4 rings (SSSR count). The molecule has 0 saturated carbocycles. The molecule has 0 aliphatic carbocycles. The third kappa shape index (κ3) is 6.31. The molecule has 0 saturated heterocycles. The van der Waals surface area contributed by atoms with E-state index >= 15 is 0 Å². The van der Waals surface area contributed by atoms with Gasteiger partial charge in [-0.2, -0.15) is 0 Å². The zero-order valence-corrected chi connectivity index (χ0v) is 20.1. The van der Waals surface area contributed by atoms with Gasteiger partial charge in [-0.25, -0.2) is 4.98 Å². The first-order valence-corrected chi connectivity index (χ1v) is 12.3. The Labute approximate surface area is 209 Å². The van der Waals surface area contributed by atoms with Crippen LogP contribution in [0.1, 0.15) is 17.3 Å². The molecule has 0 spiro atoms. The average Bonchev–Trinajstić information content (AvgIpc) is 3.33. The van der Waals surface area contributed by atoms with Crippen molar-refractivity contribution in [2.45, 2.75) is 17.1 Å². The highest BCUT2D eigenvalue weighted by Gasteiger charge is 2.17. The van der Waals surface area contributed by atoms with E-state index in [0.29, 0.717) is 16.4 Å². The molecule has 4 aromatic rings. The Morgan fingerprint density at radius 2 is 1.74 bits per heavy atom. The number of nitrogens with one attached hydrogen (secondary N) is 2. The maximum absolute atomic E-state index is 12.7. The lowest BCUT2D eigenvalue weighted by Crippen LogP contribution is -2.22. The Morgan fingerprint density at radius 3 is 2.46 bits per heavy atom. The zero-order chi connectivity index (χ0) is 24.8. The van der Waals surface area contributed by atoms with Gasteiger partial charge in [-0.1, -0.05) is 36.4 Å². The summed E-state index contributed by atoms with van der Waals surface area (Å²) in [6.45, 7) is 1.80. The zero-order valence-electron chi connectivity index (χ0n) is 18.5. The van der Waals surface area contributed by atoms with Gasteiger partial charge in [0.2, 0.25) is 5.91 Å². The van der Waals surface area contributed by atoms with Crippen LogP contribution in [0, 0.1) is 10.1 Å². The number of carbonyl (C=O) groups is 2. The van der Waals surface area contributed by atoms with Gasteiger partial charge in [-0.3, -0.25) is 19.7 Å². The van der Waals surface area contributed by atoms with Crippen LogP contribution in [0.2, 0.25) is 0 Å². The molecule has 1 unspecified atom stereocenters. The molecule has 1 aromatic heterocycles. The van der Waals surface area contributed by atoms with Crippen LogP contribution in [0.5, 0.6) is 0 Å². The SMILES string of the molecule is CC(Sc1cccc(NC(=O)c2ccc([N+](=O)[O-])cc2)c1)C(=O)Nc1nc(-c2ccccc2)cs1. The van der Waals surface area contributed by atoms with Gasteiger partial charge in [0, 0.05) is 39.2 Å².